The lowest BCUT2D eigenvalue weighted by molar-refractivity contribution is 0.0546. The Labute approximate surface area is 171 Å². The van der Waals surface area contributed by atoms with E-state index >= 15 is 0 Å². The number of imidazole rings is 1. The number of amides is 1. The smallest absolute Gasteiger partial charge is 0.256 e. The van der Waals surface area contributed by atoms with Gasteiger partial charge in [0.25, 0.3) is 5.91 Å². The van der Waals surface area contributed by atoms with Crippen molar-refractivity contribution in [2.24, 2.45) is 13.0 Å². The lowest BCUT2D eigenvalue weighted by Crippen LogP contribution is -2.44. The van der Waals surface area contributed by atoms with Gasteiger partial charge in [0.2, 0.25) is 0 Å². The number of carbonyl (C=O) groups is 1. The van der Waals surface area contributed by atoms with E-state index in [4.69, 9.17) is 4.74 Å². The summed E-state index contributed by atoms with van der Waals surface area (Å²) in [6.45, 7) is 7.78. The summed E-state index contributed by atoms with van der Waals surface area (Å²) in [5.41, 5.74) is 3.80. The van der Waals surface area contributed by atoms with Crippen LogP contribution in [0.4, 0.5) is 0 Å². The minimum absolute atomic E-state index is 0.0182. The lowest BCUT2D eigenvalue weighted by Gasteiger charge is -2.38. The summed E-state index contributed by atoms with van der Waals surface area (Å²) in [5.74, 6) is 2.15. The van der Waals surface area contributed by atoms with Crippen molar-refractivity contribution in [3.05, 3.63) is 59.8 Å². The highest BCUT2D eigenvalue weighted by Crippen LogP contribution is 2.34. The zero-order valence-electron chi connectivity index (χ0n) is 17.7. The molecule has 4 rings (SSSR count). The van der Waals surface area contributed by atoms with E-state index in [9.17, 15) is 4.79 Å². The molecular weight excluding hydrogens is 364 g/mol. The van der Waals surface area contributed by atoms with Crippen molar-refractivity contribution < 1.29 is 9.53 Å². The fraction of sp³-hybridized carbons (Fsp3) is 0.391. The number of nitrogens with zero attached hydrogens (tertiary/aromatic N) is 4. The molecule has 2 aromatic heterocycles. The highest BCUT2D eigenvalue weighted by molar-refractivity contribution is 5.97. The van der Waals surface area contributed by atoms with Crippen LogP contribution in [-0.2, 0) is 13.6 Å². The minimum atomic E-state index is -0.0182. The third-order valence-corrected chi connectivity index (χ3v) is 5.97. The number of methoxy groups -OCH3 is 1. The number of hydrogen-bond donors (Lipinski definition) is 0. The second kappa shape index (κ2) is 7.43. The van der Waals surface area contributed by atoms with E-state index in [0.717, 1.165) is 40.6 Å². The first kappa shape index (κ1) is 19.3. The Balaban J connectivity index is 1.70. The van der Waals surface area contributed by atoms with Gasteiger partial charge in [0, 0.05) is 43.9 Å². The van der Waals surface area contributed by atoms with E-state index < -0.39 is 0 Å². The van der Waals surface area contributed by atoms with Gasteiger partial charge in [-0.15, -0.1) is 0 Å². The van der Waals surface area contributed by atoms with E-state index in [1.807, 2.05) is 61.6 Å². The van der Waals surface area contributed by atoms with Crippen molar-refractivity contribution in [2.45, 2.75) is 33.4 Å². The largest absolute Gasteiger partial charge is 0.497 e. The summed E-state index contributed by atoms with van der Waals surface area (Å²) in [7, 11) is 3.67. The maximum absolute atomic E-state index is 13.6. The maximum Gasteiger partial charge on any atom is 0.256 e. The van der Waals surface area contributed by atoms with Crippen LogP contribution in [-0.4, -0.2) is 38.6 Å². The van der Waals surface area contributed by atoms with Gasteiger partial charge in [-0.3, -0.25) is 4.79 Å². The van der Waals surface area contributed by atoms with E-state index in [1.165, 1.54) is 0 Å². The Hall–Kier alpha value is -3.02. The van der Waals surface area contributed by atoms with Gasteiger partial charge in [0.1, 0.15) is 11.6 Å². The van der Waals surface area contributed by atoms with Crippen molar-refractivity contribution in [1.82, 2.24) is 19.0 Å². The molecule has 0 N–H and O–H groups in total. The summed E-state index contributed by atoms with van der Waals surface area (Å²) < 4.78 is 9.51. The highest BCUT2D eigenvalue weighted by atomic mass is 16.5. The molecule has 6 heteroatoms. The van der Waals surface area contributed by atoms with E-state index in [2.05, 4.69) is 28.0 Å². The Kier molecular flexibility index (Phi) is 4.94. The predicted octanol–water partition coefficient (Wildman–Crippen LogP) is 4.06. The summed E-state index contributed by atoms with van der Waals surface area (Å²) in [6.07, 6.45) is 3.83. The molecule has 152 valence electrons. The molecule has 0 aliphatic carbocycles. The first-order chi connectivity index (χ1) is 13.9. The Morgan fingerprint density at radius 2 is 1.93 bits per heavy atom. The van der Waals surface area contributed by atoms with Crippen LogP contribution >= 0.6 is 0 Å². The third-order valence-electron chi connectivity index (χ3n) is 5.97. The Morgan fingerprint density at radius 1 is 1.21 bits per heavy atom. The minimum Gasteiger partial charge on any atom is -0.497 e. The number of aromatic nitrogens is 3. The first-order valence-electron chi connectivity index (χ1n) is 10.0. The van der Waals surface area contributed by atoms with Crippen molar-refractivity contribution in [2.75, 3.05) is 13.7 Å². The van der Waals surface area contributed by atoms with Crippen LogP contribution in [0.3, 0.4) is 0 Å². The van der Waals surface area contributed by atoms with E-state index in [0.29, 0.717) is 6.54 Å². The number of rotatable bonds is 4. The Morgan fingerprint density at radius 3 is 2.59 bits per heavy atom. The van der Waals surface area contributed by atoms with Crippen molar-refractivity contribution in [3.8, 4) is 17.0 Å². The average molecular weight is 393 g/mol. The number of benzene rings is 1. The fourth-order valence-electron chi connectivity index (χ4n) is 4.27. The molecule has 0 radical (unpaired) electrons. The van der Waals surface area contributed by atoms with Gasteiger partial charge in [0.05, 0.1) is 18.7 Å². The molecule has 3 heterocycles. The highest BCUT2D eigenvalue weighted by Gasteiger charge is 2.35. The van der Waals surface area contributed by atoms with Gasteiger partial charge in [-0.2, -0.15) is 0 Å². The number of hydrogen-bond acceptors (Lipinski definition) is 3. The second-order valence-electron chi connectivity index (χ2n) is 7.98. The molecule has 29 heavy (non-hydrogen) atoms. The normalized spacial score (nSPS) is 16.2. The van der Waals surface area contributed by atoms with E-state index in [1.54, 1.807) is 7.11 Å². The standard InChI is InChI=1S/C23H28N4O2/c1-15(2)21-22-24-10-11-26(22)12-13-27(21)23(28)19-14-20(25(4)16(19)3)17-6-8-18(29-5)9-7-17/h6-11,14-15,21H,12-13H2,1-5H3. The molecule has 1 unspecified atom stereocenters. The average Bonchev–Trinajstić information content (AvgIpc) is 3.32. The first-order valence-corrected chi connectivity index (χ1v) is 10.0. The summed E-state index contributed by atoms with van der Waals surface area (Å²) in [5, 5.41) is 0. The van der Waals surface area contributed by atoms with Crippen LogP contribution < -0.4 is 4.74 Å². The summed E-state index contributed by atoms with van der Waals surface area (Å²) in [6, 6.07) is 9.93. The fourth-order valence-corrected chi connectivity index (χ4v) is 4.27. The van der Waals surface area contributed by atoms with Crippen molar-refractivity contribution in [1.29, 1.82) is 0 Å². The van der Waals surface area contributed by atoms with Gasteiger partial charge in [-0.05, 0) is 48.7 Å². The SMILES string of the molecule is COc1ccc(-c2cc(C(=O)N3CCn4ccnc4C3C(C)C)c(C)n2C)cc1. The molecule has 0 saturated carbocycles. The quantitative estimate of drug-likeness (QED) is 0.673. The van der Waals surface area contributed by atoms with Crippen LogP contribution in [0.2, 0.25) is 0 Å². The van der Waals surface area contributed by atoms with Gasteiger partial charge in [-0.1, -0.05) is 13.8 Å². The predicted molar refractivity (Wildman–Crippen MR) is 113 cm³/mol. The zero-order valence-corrected chi connectivity index (χ0v) is 17.7. The van der Waals surface area contributed by atoms with Gasteiger partial charge < -0.3 is 18.8 Å². The number of carbonyl (C=O) groups excluding carboxylic acids is 1. The third kappa shape index (κ3) is 3.22. The summed E-state index contributed by atoms with van der Waals surface area (Å²) in [4.78, 5) is 20.2. The van der Waals surface area contributed by atoms with Crippen LogP contribution in [0.25, 0.3) is 11.3 Å². The van der Waals surface area contributed by atoms with Gasteiger partial charge >= 0.3 is 0 Å². The van der Waals surface area contributed by atoms with Crippen molar-refractivity contribution >= 4 is 5.91 Å². The lowest BCUT2D eigenvalue weighted by atomic mass is 9.98. The van der Waals surface area contributed by atoms with E-state index in [-0.39, 0.29) is 17.9 Å². The zero-order chi connectivity index (χ0) is 20.7. The van der Waals surface area contributed by atoms with Crippen molar-refractivity contribution in [3.63, 3.8) is 0 Å². The molecule has 1 atom stereocenters. The number of ether oxygens (including phenoxy) is 1. The van der Waals surface area contributed by atoms with Gasteiger partial charge in [0.15, 0.2) is 0 Å². The second-order valence-corrected chi connectivity index (χ2v) is 7.98. The molecule has 0 saturated heterocycles. The van der Waals surface area contributed by atoms with Crippen LogP contribution in [0.5, 0.6) is 5.75 Å². The molecular formula is C23H28N4O2. The molecule has 3 aromatic rings. The molecule has 1 amide bonds. The molecule has 6 nitrogen and oxygen atoms in total. The maximum atomic E-state index is 13.6. The molecule has 1 aliphatic rings. The molecule has 0 bridgehead atoms. The summed E-state index contributed by atoms with van der Waals surface area (Å²) >= 11 is 0. The molecule has 0 fully saturated rings. The Bertz CT molecular complexity index is 1030. The molecule has 0 spiro atoms. The molecule has 1 aliphatic heterocycles. The number of fused-ring (bicyclic) bond motifs is 1. The van der Waals surface area contributed by atoms with Crippen LogP contribution in [0, 0.1) is 12.8 Å². The van der Waals surface area contributed by atoms with Gasteiger partial charge in [-0.25, -0.2) is 4.98 Å². The molecule has 1 aromatic carbocycles. The monoisotopic (exact) mass is 392 g/mol. The topological polar surface area (TPSA) is 52.3 Å². The van der Waals surface area contributed by atoms with Crippen LogP contribution in [0.1, 0.15) is 41.8 Å². The van der Waals surface area contributed by atoms with Crippen LogP contribution in [0.15, 0.2) is 42.7 Å².